The van der Waals surface area contributed by atoms with Crippen molar-refractivity contribution in [2.24, 2.45) is 16.1 Å². The summed E-state index contributed by atoms with van der Waals surface area (Å²) in [6, 6.07) is 0. The Balaban J connectivity index is 1.83. The van der Waals surface area contributed by atoms with Gasteiger partial charge in [0.25, 0.3) is 0 Å². The predicted octanol–water partition coefficient (Wildman–Crippen LogP) is 0.906. The van der Waals surface area contributed by atoms with Gasteiger partial charge in [0.15, 0.2) is 11.3 Å². The molecule has 94 valence electrons. The summed E-state index contributed by atoms with van der Waals surface area (Å²) in [6.07, 6.45) is 0.464. The van der Waals surface area contributed by atoms with Gasteiger partial charge in [-0.15, -0.1) is 0 Å². The zero-order chi connectivity index (χ0) is 12.1. The van der Waals surface area contributed by atoms with Crippen LogP contribution < -0.4 is 0 Å². The van der Waals surface area contributed by atoms with E-state index in [2.05, 4.69) is 10.2 Å². The minimum absolute atomic E-state index is 0.0562. The molecule has 17 heavy (non-hydrogen) atoms. The van der Waals surface area contributed by atoms with Crippen LogP contribution in [0.1, 0.15) is 20.3 Å². The van der Waals surface area contributed by atoms with Gasteiger partial charge >= 0.3 is 5.97 Å². The molecule has 3 heterocycles. The van der Waals surface area contributed by atoms with E-state index in [1.807, 2.05) is 13.8 Å². The second kappa shape index (κ2) is 3.49. The molecular weight excluding hydrogens is 224 g/mol. The fourth-order valence-electron chi connectivity index (χ4n) is 2.77. The first kappa shape index (κ1) is 11.1. The first-order valence-electron chi connectivity index (χ1n) is 5.91. The normalized spacial score (nSPS) is 43.5. The summed E-state index contributed by atoms with van der Waals surface area (Å²) in [6.45, 7) is 5.16. The average Bonchev–Trinajstić information content (AvgIpc) is 2.91. The molecule has 0 saturated carbocycles. The average molecular weight is 240 g/mol. The monoisotopic (exact) mass is 240 g/mol. The minimum atomic E-state index is -0.811. The summed E-state index contributed by atoms with van der Waals surface area (Å²) in [5, 5.41) is 8.17. The van der Waals surface area contributed by atoms with E-state index < -0.39 is 11.3 Å². The number of hydrogen-bond acceptors (Lipinski definition) is 6. The maximum atomic E-state index is 11.9. The van der Waals surface area contributed by atoms with E-state index in [-0.39, 0.29) is 18.0 Å². The summed E-state index contributed by atoms with van der Waals surface area (Å²) in [7, 11) is 0. The number of carbonyl (C=O) groups is 1. The Morgan fingerprint density at radius 1 is 1.41 bits per heavy atom. The highest BCUT2D eigenvalue weighted by atomic mass is 16.7. The fourth-order valence-corrected chi connectivity index (χ4v) is 2.77. The molecule has 0 aromatic heterocycles. The van der Waals surface area contributed by atoms with Gasteiger partial charge in [0.1, 0.15) is 0 Å². The molecule has 0 radical (unpaired) electrons. The van der Waals surface area contributed by atoms with Crippen LogP contribution in [0.2, 0.25) is 0 Å². The van der Waals surface area contributed by atoms with E-state index in [0.29, 0.717) is 26.2 Å². The summed E-state index contributed by atoms with van der Waals surface area (Å²) in [5.41, 5.74) is -0.811. The number of azo groups is 1. The number of nitrogens with zero attached hydrogens (tertiary/aromatic N) is 2. The second-order valence-electron chi connectivity index (χ2n) is 5.21. The summed E-state index contributed by atoms with van der Waals surface area (Å²) in [4.78, 5) is 11.9. The lowest BCUT2D eigenvalue weighted by Gasteiger charge is -2.27. The Morgan fingerprint density at radius 3 is 2.82 bits per heavy atom. The molecule has 6 heteroatoms. The molecule has 3 rings (SSSR count). The zero-order valence-electron chi connectivity index (χ0n) is 10.0. The van der Waals surface area contributed by atoms with E-state index in [9.17, 15) is 4.79 Å². The Labute approximate surface area is 99.3 Å². The van der Waals surface area contributed by atoms with Crippen molar-refractivity contribution in [2.75, 3.05) is 19.8 Å². The number of carbonyl (C=O) groups excluding carboxylic acids is 1. The second-order valence-corrected chi connectivity index (χ2v) is 5.21. The third-order valence-corrected chi connectivity index (χ3v) is 3.69. The van der Waals surface area contributed by atoms with Gasteiger partial charge in [0.2, 0.25) is 0 Å². The number of ether oxygens (including phenoxy) is 3. The lowest BCUT2D eigenvalue weighted by Crippen LogP contribution is -2.46. The molecule has 3 atom stereocenters. The van der Waals surface area contributed by atoms with Crippen molar-refractivity contribution in [3.05, 3.63) is 0 Å². The van der Waals surface area contributed by atoms with Crippen molar-refractivity contribution in [2.45, 2.75) is 37.7 Å². The van der Waals surface area contributed by atoms with Crippen molar-refractivity contribution in [3.63, 3.8) is 0 Å². The van der Waals surface area contributed by atoms with E-state index in [1.165, 1.54) is 0 Å². The molecule has 2 fully saturated rings. The van der Waals surface area contributed by atoms with E-state index in [1.54, 1.807) is 0 Å². The van der Waals surface area contributed by atoms with Gasteiger partial charge in [-0.1, -0.05) is 0 Å². The van der Waals surface area contributed by atoms with Crippen LogP contribution in [0.4, 0.5) is 0 Å². The Morgan fingerprint density at radius 2 is 2.24 bits per heavy atom. The highest BCUT2D eigenvalue weighted by molar-refractivity contribution is 5.83. The Bertz CT molecular complexity index is 382. The topological polar surface area (TPSA) is 69.5 Å². The van der Waals surface area contributed by atoms with Crippen LogP contribution in [0, 0.1) is 5.92 Å². The predicted molar refractivity (Wildman–Crippen MR) is 56.4 cm³/mol. The lowest BCUT2D eigenvalue weighted by molar-refractivity contribution is -0.154. The lowest BCUT2D eigenvalue weighted by atomic mass is 9.81. The first-order chi connectivity index (χ1) is 8.04. The largest absolute Gasteiger partial charge is 0.464 e. The fraction of sp³-hybridized carbons (Fsp3) is 0.909. The van der Waals surface area contributed by atoms with Gasteiger partial charge < -0.3 is 14.2 Å². The van der Waals surface area contributed by atoms with Crippen molar-refractivity contribution in [3.8, 4) is 0 Å². The molecule has 0 aliphatic carbocycles. The first-order valence-corrected chi connectivity index (χ1v) is 5.91. The van der Waals surface area contributed by atoms with Crippen LogP contribution >= 0.6 is 0 Å². The van der Waals surface area contributed by atoms with Gasteiger partial charge in [-0.05, 0) is 13.8 Å². The summed E-state index contributed by atoms with van der Waals surface area (Å²) in [5.74, 6) is -0.909. The van der Waals surface area contributed by atoms with Crippen molar-refractivity contribution >= 4 is 5.97 Å². The van der Waals surface area contributed by atoms with Gasteiger partial charge in [-0.25, -0.2) is 4.79 Å². The number of cyclic esters (lactones) is 1. The van der Waals surface area contributed by atoms with Crippen LogP contribution in [-0.4, -0.2) is 43.2 Å². The summed E-state index contributed by atoms with van der Waals surface area (Å²) >= 11 is 0. The number of rotatable bonds is 1. The van der Waals surface area contributed by atoms with E-state index in [0.717, 1.165) is 0 Å². The number of esters is 1. The molecule has 0 aromatic carbocycles. The molecule has 2 saturated heterocycles. The van der Waals surface area contributed by atoms with Crippen molar-refractivity contribution < 1.29 is 19.0 Å². The van der Waals surface area contributed by atoms with E-state index in [4.69, 9.17) is 14.2 Å². The van der Waals surface area contributed by atoms with Crippen molar-refractivity contribution in [1.82, 2.24) is 0 Å². The van der Waals surface area contributed by atoms with Gasteiger partial charge in [0.05, 0.1) is 25.9 Å². The van der Waals surface area contributed by atoms with Gasteiger partial charge in [-0.2, -0.15) is 10.2 Å². The van der Waals surface area contributed by atoms with Gasteiger partial charge in [0, 0.05) is 12.3 Å². The molecular formula is C11H16N2O4. The maximum Gasteiger partial charge on any atom is 0.336 e. The quantitative estimate of drug-likeness (QED) is 0.639. The molecule has 0 bridgehead atoms. The molecule has 1 spiro atoms. The van der Waals surface area contributed by atoms with Crippen LogP contribution in [0.25, 0.3) is 0 Å². The highest BCUT2D eigenvalue weighted by Gasteiger charge is 2.58. The third kappa shape index (κ3) is 1.58. The highest BCUT2D eigenvalue weighted by Crippen LogP contribution is 2.42. The smallest absolute Gasteiger partial charge is 0.336 e. The number of hydrogen-bond donors (Lipinski definition) is 0. The van der Waals surface area contributed by atoms with E-state index >= 15 is 0 Å². The maximum absolute atomic E-state index is 11.9. The van der Waals surface area contributed by atoms with Crippen LogP contribution in [-0.2, 0) is 19.0 Å². The summed E-state index contributed by atoms with van der Waals surface area (Å²) < 4.78 is 16.4. The molecule has 0 amide bonds. The SMILES string of the molecule is CC1(C)OC[C@H]([C@@H]2CN=N[C@]23CCOC3=O)O1. The van der Waals surface area contributed by atoms with Gasteiger partial charge in [-0.3, -0.25) is 0 Å². The van der Waals surface area contributed by atoms with Crippen LogP contribution in [0.3, 0.4) is 0 Å². The molecule has 3 aliphatic rings. The molecule has 0 aromatic rings. The molecule has 0 N–H and O–H groups in total. The molecule has 0 unspecified atom stereocenters. The molecule has 6 nitrogen and oxygen atoms in total. The Kier molecular flexibility index (Phi) is 2.28. The van der Waals surface area contributed by atoms with Crippen LogP contribution in [0.15, 0.2) is 10.2 Å². The molecule has 3 aliphatic heterocycles. The zero-order valence-corrected chi connectivity index (χ0v) is 10.0. The standard InChI is InChI=1S/C11H16N2O4/c1-10(2)16-6-8(17-10)7-5-12-13-11(7)3-4-15-9(11)14/h7-8H,3-6H2,1-2H3/t7-,8+,11+/m0/s1. The third-order valence-electron chi connectivity index (χ3n) is 3.69. The van der Waals surface area contributed by atoms with Crippen LogP contribution in [0.5, 0.6) is 0 Å². The Hall–Kier alpha value is -1.01. The minimum Gasteiger partial charge on any atom is -0.464 e. The van der Waals surface area contributed by atoms with Crippen molar-refractivity contribution in [1.29, 1.82) is 0 Å².